The van der Waals surface area contributed by atoms with Gasteiger partial charge in [-0.15, -0.1) is 0 Å². The van der Waals surface area contributed by atoms with Gasteiger partial charge in [-0.05, 0) is 42.1 Å². The van der Waals surface area contributed by atoms with Crippen LogP contribution < -0.4 is 0 Å². The molecule has 1 aliphatic rings. The van der Waals surface area contributed by atoms with Crippen molar-refractivity contribution in [1.29, 1.82) is 0 Å². The van der Waals surface area contributed by atoms with Gasteiger partial charge >= 0.3 is 5.51 Å². The molecule has 2 aromatic carbocycles. The van der Waals surface area contributed by atoms with Crippen LogP contribution in [0.1, 0.15) is 21.6 Å². The minimum absolute atomic E-state index is 0.0756. The molecule has 7 heteroatoms. The van der Waals surface area contributed by atoms with Gasteiger partial charge in [0.15, 0.2) is 0 Å². The number of carbonyl (C=O) groups excluding carboxylic acids is 1. The second-order valence-corrected chi connectivity index (χ2v) is 7.32. The maximum absolute atomic E-state index is 12.8. The van der Waals surface area contributed by atoms with E-state index in [1.807, 2.05) is 24.3 Å². The normalized spacial score (nSPS) is 14.5. The number of carbonyl (C=O) groups is 1. The number of para-hydroxylation sites is 1. The van der Waals surface area contributed by atoms with Gasteiger partial charge in [-0.1, -0.05) is 18.2 Å². The number of nitrogens with one attached hydrogen (secondary N) is 1. The van der Waals surface area contributed by atoms with Crippen LogP contribution in [-0.4, -0.2) is 27.8 Å². The lowest BCUT2D eigenvalue weighted by molar-refractivity contribution is -0.0328. The minimum atomic E-state index is -4.33. The number of halogens is 3. The highest BCUT2D eigenvalue weighted by atomic mass is 32.2. The number of rotatable bonds is 2. The highest BCUT2D eigenvalue weighted by Gasteiger charge is 2.29. The molecule has 26 heavy (non-hydrogen) atoms. The van der Waals surface area contributed by atoms with E-state index in [0.29, 0.717) is 18.7 Å². The van der Waals surface area contributed by atoms with E-state index in [-0.39, 0.29) is 22.6 Å². The summed E-state index contributed by atoms with van der Waals surface area (Å²) in [4.78, 5) is 18.0. The summed E-state index contributed by atoms with van der Waals surface area (Å²) < 4.78 is 37.2. The predicted octanol–water partition coefficient (Wildman–Crippen LogP) is 4.98. The second kappa shape index (κ2) is 6.39. The van der Waals surface area contributed by atoms with Gasteiger partial charge in [-0.3, -0.25) is 4.79 Å². The van der Waals surface area contributed by atoms with Crippen molar-refractivity contribution in [3.8, 4) is 0 Å². The molecule has 0 saturated carbocycles. The van der Waals surface area contributed by atoms with Crippen molar-refractivity contribution < 1.29 is 18.0 Å². The third-order valence-corrected chi connectivity index (χ3v) is 5.24. The van der Waals surface area contributed by atoms with Crippen LogP contribution in [-0.2, 0) is 13.0 Å². The Kier molecular flexibility index (Phi) is 4.19. The molecule has 0 bridgehead atoms. The maximum Gasteiger partial charge on any atom is 0.446 e. The second-order valence-electron chi connectivity index (χ2n) is 6.18. The van der Waals surface area contributed by atoms with Crippen LogP contribution in [0.5, 0.6) is 0 Å². The van der Waals surface area contributed by atoms with E-state index in [9.17, 15) is 18.0 Å². The van der Waals surface area contributed by atoms with Gasteiger partial charge in [0, 0.05) is 52.1 Å². The first-order valence-corrected chi connectivity index (χ1v) is 8.96. The van der Waals surface area contributed by atoms with E-state index < -0.39 is 5.51 Å². The van der Waals surface area contributed by atoms with Gasteiger partial charge in [-0.2, -0.15) is 13.2 Å². The van der Waals surface area contributed by atoms with Gasteiger partial charge < -0.3 is 9.88 Å². The van der Waals surface area contributed by atoms with Crippen molar-refractivity contribution in [1.82, 2.24) is 9.88 Å². The Bertz CT molecular complexity index is 963. The summed E-state index contributed by atoms with van der Waals surface area (Å²) in [6, 6.07) is 13.6. The highest BCUT2D eigenvalue weighted by molar-refractivity contribution is 8.00. The molecule has 0 atom stereocenters. The van der Waals surface area contributed by atoms with Crippen molar-refractivity contribution in [2.75, 3.05) is 6.54 Å². The molecule has 4 rings (SSSR count). The zero-order valence-electron chi connectivity index (χ0n) is 13.6. The fraction of sp³-hybridized carbons (Fsp3) is 0.211. The molecule has 0 fully saturated rings. The van der Waals surface area contributed by atoms with Crippen LogP contribution >= 0.6 is 11.8 Å². The number of nitrogens with zero attached hydrogens (tertiary/aromatic N) is 1. The molecule has 1 aliphatic heterocycles. The quantitative estimate of drug-likeness (QED) is 0.641. The lowest BCUT2D eigenvalue weighted by atomic mass is 10.0. The van der Waals surface area contributed by atoms with Crippen LogP contribution in [0.4, 0.5) is 13.2 Å². The van der Waals surface area contributed by atoms with E-state index in [4.69, 9.17) is 0 Å². The molecule has 134 valence electrons. The van der Waals surface area contributed by atoms with Crippen molar-refractivity contribution in [3.05, 3.63) is 65.4 Å². The van der Waals surface area contributed by atoms with Crippen LogP contribution in [0.3, 0.4) is 0 Å². The summed E-state index contributed by atoms with van der Waals surface area (Å²) in [6.45, 7) is 1.08. The van der Waals surface area contributed by atoms with E-state index in [0.717, 1.165) is 28.6 Å². The number of aromatic amines is 1. The maximum atomic E-state index is 12.8. The smallest absolute Gasteiger partial charge is 0.358 e. The number of hydrogen-bond acceptors (Lipinski definition) is 2. The fourth-order valence-electron chi connectivity index (χ4n) is 3.32. The summed E-state index contributed by atoms with van der Waals surface area (Å²) in [5.74, 6) is -0.163. The topological polar surface area (TPSA) is 36.1 Å². The number of benzene rings is 2. The molecular weight excluding hydrogens is 361 g/mol. The third kappa shape index (κ3) is 3.31. The summed E-state index contributed by atoms with van der Waals surface area (Å²) in [5.41, 5.74) is -0.610. The first kappa shape index (κ1) is 17.0. The fourth-order valence-corrected chi connectivity index (χ4v) is 3.86. The van der Waals surface area contributed by atoms with E-state index in [2.05, 4.69) is 4.98 Å². The SMILES string of the molecule is O=C(c1ccc(SC(F)(F)F)cc1)N1CCc2[nH]c3ccccc3c2C1. The first-order valence-electron chi connectivity index (χ1n) is 8.14. The zero-order chi connectivity index (χ0) is 18.3. The molecule has 1 N–H and O–H groups in total. The van der Waals surface area contributed by atoms with Gasteiger partial charge in [0.1, 0.15) is 0 Å². The molecule has 3 aromatic rings. The Morgan fingerprint density at radius 2 is 1.81 bits per heavy atom. The molecule has 1 amide bonds. The Morgan fingerprint density at radius 3 is 2.54 bits per heavy atom. The standard InChI is InChI=1S/C19H15F3N2OS/c20-19(21,22)26-13-7-5-12(6-8-13)18(25)24-10-9-17-15(11-24)14-3-1-2-4-16(14)23-17/h1-8,23H,9-11H2. The zero-order valence-corrected chi connectivity index (χ0v) is 14.5. The first-order chi connectivity index (χ1) is 12.4. The molecule has 0 aliphatic carbocycles. The van der Waals surface area contributed by atoms with Gasteiger partial charge in [0.2, 0.25) is 0 Å². The molecule has 0 radical (unpaired) electrons. The Balaban J connectivity index is 1.54. The summed E-state index contributed by atoms with van der Waals surface area (Å²) in [5, 5.41) is 1.11. The number of amides is 1. The van der Waals surface area contributed by atoms with Crippen molar-refractivity contribution >= 4 is 28.6 Å². The summed E-state index contributed by atoms with van der Waals surface area (Å²) in [7, 11) is 0. The number of fused-ring (bicyclic) bond motifs is 3. The Morgan fingerprint density at radius 1 is 1.08 bits per heavy atom. The lowest BCUT2D eigenvalue weighted by Crippen LogP contribution is -2.35. The molecule has 0 unspecified atom stereocenters. The molecule has 1 aromatic heterocycles. The van der Waals surface area contributed by atoms with Crippen molar-refractivity contribution in [2.45, 2.75) is 23.4 Å². The third-order valence-electron chi connectivity index (χ3n) is 4.50. The number of alkyl halides is 3. The van der Waals surface area contributed by atoms with E-state index in [1.54, 1.807) is 4.90 Å². The number of thioether (sulfide) groups is 1. The Labute approximate surface area is 152 Å². The number of H-pyrrole nitrogens is 1. The number of aromatic nitrogens is 1. The lowest BCUT2D eigenvalue weighted by Gasteiger charge is -2.27. The van der Waals surface area contributed by atoms with Gasteiger partial charge in [0.05, 0.1) is 0 Å². The van der Waals surface area contributed by atoms with Gasteiger partial charge in [0.25, 0.3) is 5.91 Å². The molecule has 3 nitrogen and oxygen atoms in total. The van der Waals surface area contributed by atoms with Gasteiger partial charge in [-0.25, -0.2) is 0 Å². The van der Waals surface area contributed by atoms with E-state index in [1.165, 1.54) is 24.3 Å². The summed E-state index contributed by atoms with van der Waals surface area (Å²) >= 11 is -0.179. The van der Waals surface area contributed by atoms with Crippen LogP contribution in [0, 0.1) is 0 Å². The van der Waals surface area contributed by atoms with Crippen LogP contribution in [0.2, 0.25) is 0 Å². The average Bonchev–Trinajstić information content (AvgIpc) is 2.98. The highest BCUT2D eigenvalue weighted by Crippen LogP contribution is 2.37. The molecule has 2 heterocycles. The molecule has 0 saturated heterocycles. The Hall–Kier alpha value is -2.41. The number of hydrogen-bond donors (Lipinski definition) is 1. The van der Waals surface area contributed by atoms with Crippen molar-refractivity contribution in [2.24, 2.45) is 0 Å². The van der Waals surface area contributed by atoms with Crippen LogP contribution in [0.15, 0.2) is 53.4 Å². The predicted molar refractivity (Wildman–Crippen MR) is 95.1 cm³/mol. The summed E-state index contributed by atoms with van der Waals surface area (Å²) in [6.07, 6.45) is 0.734. The van der Waals surface area contributed by atoms with Crippen molar-refractivity contribution in [3.63, 3.8) is 0 Å². The van der Waals surface area contributed by atoms with Crippen LogP contribution in [0.25, 0.3) is 10.9 Å². The largest absolute Gasteiger partial charge is 0.446 e. The monoisotopic (exact) mass is 376 g/mol. The minimum Gasteiger partial charge on any atom is -0.358 e. The molecule has 0 spiro atoms. The molecular formula is C19H15F3N2OS. The van der Waals surface area contributed by atoms with E-state index >= 15 is 0 Å². The average molecular weight is 376 g/mol.